The molecule has 3 nitrogen and oxygen atoms in total. The lowest BCUT2D eigenvalue weighted by Crippen LogP contribution is -2.04. The van der Waals surface area contributed by atoms with Crippen LogP contribution in [-0.4, -0.2) is 13.1 Å². The van der Waals surface area contributed by atoms with Crippen LogP contribution in [0.2, 0.25) is 0 Å². The summed E-state index contributed by atoms with van der Waals surface area (Å²) in [5.41, 5.74) is -0.628. The molecule has 0 fully saturated rings. The molecule has 0 spiro atoms. The van der Waals surface area contributed by atoms with Crippen LogP contribution in [-0.2, 0) is 4.74 Å². The first-order valence-corrected chi connectivity index (χ1v) is 4.59. The van der Waals surface area contributed by atoms with E-state index in [0.29, 0.717) is 0 Å². The van der Waals surface area contributed by atoms with Crippen LogP contribution in [0.1, 0.15) is 27.9 Å². The smallest absolute Gasteiger partial charge is 0.337 e. The minimum atomic E-state index is -2.80. The van der Waals surface area contributed by atoms with Crippen LogP contribution in [0, 0.1) is 11.3 Å². The van der Waals surface area contributed by atoms with Crippen molar-refractivity contribution in [3.8, 4) is 6.07 Å². The highest BCUT2D eigenvalue weighted by Crippen LogP contribution is 2.29. The fourth-order valence-electron chi connectivity index (χ4n) is 1.14. The second-order valence-electron chi connectivity index (χ2n) is 2.87. The summed E-state index contributed by atoms with van der Waals surface area (Å²) in [7, 11) is 1.13. The van der Waals surface area contributed by atoms with Crippen LogP contribution in [0.25, 0.3) is 0 Å². The first-order valence-electron chi connectivity index (χ1n) is 4.14. The summed E-state index contributed by atoms with van der Waals surface area (Å²) in [4.78, 5) is 11.0. The molecule has 0 unspecified atom stereocenters. The van der Waals surface area contributed by atoms with Crippen LogP contribution in [0.3, 0.4) is 0 Å². The minimum Gasteiger partial charge on any atom is -0.465 e. The molecule has 84 valence electrons. The Balaban J connectivity index is 3.41. The molecule has 0 aliphatic carbocycles. The van der Waals surface area contributed by atoms with E-state index in [0.717, 1.165) is 13.2 Å². The fraction of sp³-hybridized carbons (Fsp3) is 0.200. The Morgan fingerprint density at radius 3 is 2.62 bits per heavy atom. The van der Waals surface area contributed by atoms with Gasteiger partial charge >= 0.3 is 5.97 Å². The van der Waals surface area contributed by atoms with E-state index in [1.54, 1.807) is 6.07 Å². The van der Waals surface area contributed by atoms with Gasteiger partial charge in [0.2, 0.25) is 0 Å². The van der Waals surface area contributed by atoms with Gasteiger partial charge in [-0.3, -0.25) is 0 Å². The van der Waals surface area contributed by atoms with E-state index < -0.39 is 18.0 Å². The average Bonchev–Trinajstić information content (AvgIpc) is 2.27. The van der Waals surface area contributed by atoms with Gasteiger partial charge in [-0.1, -0.05) is 0 Å². The van der Waals surface area contributed by atoms with Crippen LogP contribution >= 0.6 is 12.6 Å². The number of rotatable bonds is 2. The molecule has 1 rings (SSSR count). The first kappa shape index (κ1) is 12.5. The van der Waals surface area contributed by atoms with Crippen LogP contribution < -0.4 is 0 Å². The highest BCUT2D eigenvalue weighted by atomic mass is 32.1. The molecule has 0 N–H and O–H groups in total. The number of hydrogen-bond acceptors (Lipinski definition) is 4. The fourth-order valence-corrected chi connectivity index (χ4v) is 1.42. The van der Waals surface area contributed by atoms with Crippen molar-refractivity contribution >= 4 is 18.6 Å². The van der Waals surface area contributed by atoms with Crippen molar-refractivity contribution in [2.75, 3.05) is 7.11 Å². The molecule has 0 aliphatic heterocycles. The zero-order valence-electron chi connectivity index (χ0n) is 8.20. The number of nitrogens with zero attached hydrogens (tertiary/aromatic N) is 1. The molecule has 0 aliphatic rings. The predicted octanol–water partition coefficient (Wildman–Crippen LogP) is 2.57. The summed E-state index contributed by atoms with van der Waals surface area (Å²) in [5.74, 6) is -0.772. The molecule has 0 aromatic heterocycles. The molecule has 0 radical (unpaired) electrons. The van der Waals surface area contributed by atoms with Crippen molar-refractivity contribution < 1.29 is 18.3 Å². The number of carbonyl (C=O) groups is 1. The largest absolute Gasteiger partial charge is 0.465 e. The molecule has 0 heterocycles. The van der Waals surface area contributed by atoms with E-state index in [1.165, 1.54) is 6.07 Å². The highest BCUT2D eigenvalue weighted by molar-refractivity contribution is 7.80. The van der Waals surface area contributed by atoms with Crippen LogP contribution in [0.4, 0.5) is 8.78 Å². The van der Waals surface area contributed by atoms with Crippen molar-refractivity contribution in [3.63, 3.8) is 0 Å². The first-order chi connectivity index (χ1) is 7.51. The SMILES string of the molecule is COC(=O)c1cc(C#N)c(S)c(C(F)F)c1. The van der Waals surface area contributed by atoms with Gasteiger partial charge in [0.1, 0.15) is 6.07 Å². The zero-order chi connectivity index (χ0) is 12.3. The lowest BCUT2D eigenvalue weighted by atomic mass is 10.1. The number of esters is 1. The van der Waals surface area contributed by atoms with Gasteiger partial charge in [0, 0.05) is 10.5 Å². The summed E-state index contributed by atoms with van der Waals surface area (Å²) in [6.45, 7) is 0. The molecular weight excluding hydrogens is 236 g/mol. The number of hydrogen-bond donors (Lipinski definition) is 1. The topological polar surface area (TPSA) is 50.1 Å². The second kappa shape index (κ2) is 4.94. The highest BCUT2D eigenvalue weighted by Gasteiger charge is 2.18. The van der Waals surface area contributed by atoms with Gasteiger partial charge in [0.05, 0.1) is 18.2 Å². The van der Waals surface area contributed by atoms with E-state index in [4.69, 9.17) is 5.26 Å². The van der Waals surface area contributed by atoms with Crippen LogP contribution in [0.15, 0.2) is 17.0 Å². The molecule has 1 aromatic rings. The standard InChI is InChI=1S/C10H7F2NO2S/c1-15-10(14)5-2-6(4-13)8(16)7(3-5)9(11)12/h2-3,9,16H,1H3. The maximum Gasteiger partial charge on any atom is 0.337 e. The number of halogens is 2. The third-order valence-corrected chi connectivity index (χ3v) is 2.42. The molecule has 0 saturated heterocycles. The lowest BCUT2D eigenvalue weighted by molar-refractivity contribution is 0.0600. The van der Waals surface area contributed by atoms with Gasteiger partial charge < -0.3 is 4.74 Å². The number of nitriles is 1. The number of benzene rings is 1. The van der Waals surface area contributed by atoms with Gasteiger partial charge in [0.25, 0.3) is 6.43 Å². The number of ether oxygens (including phenoxy) is 1. The summed E-state index contributed by atoms with van der Waals surface area (Å²) < 4.78 is 29.6. The van der Waals surface area contributed by atoms with Gasteiger partial charge in [-0.05, 0) is 12.1 Å². The van der Waals surface area contributed by atoms with Gasteiger partial charge in [-0.2, -0.15) is 5.26 Å². The Labute approximate surface area is 96.0 Å². The predicted molar refractivity (Wildman–Crippen MR) is 54.7 cm³/mol. The van der Waals surface area contributed by atoms with E-state index in [2.05, 4.69) is 17.4 Å². The van der Waals surface area contributed by atoms with E-state index in [1.807, 2.05) is 0 Å². The van der Waals surface area contributed by atoms with Crippen molar-refractivity contribution in [2.45, 2.75) is 11.3 Å². The number of alkyl halides is 2. The maximum atomic E-state index is 12.6. The Hall–Kier alpha value is -1.61. The van der Waals surface area contributed by atoms with Crippen LogP contribution in [0.5, 0.6) is 0 Å². The summed E-state index contributed by atoms with van der Waals surface area (Å²) in [6.07, 6.45) is -2.80. The second-order valence-corrected chi connectivity index (χ2v) is 3.31. The van der Waals surface area contributed by atoms with Crippen molar-refractivity contribution in [1.29, 1.82) is 5.26 Å². The molecule has 0 saturated carbocycles. The third-order valence-electron chi connectivity index (χ3n) is 1.92. The third kappa shape index (κ3) is 2.31. The Morgan fingerprint density at radius 1 is 1.56 bits per heavy atom. The van der Waals surface area contributed by atoms with Gasteiger partial charge in [-0.25, -0.2) is 13.6 Å². The molecule has 1 aromatic carbocycles. The van der Waals surface area contributed by atoms with E-state index in [-0.39, 0.29) is 16.0 Å². The van der Waals surface area contributed by atoms with Crippen molar-refractivity contribution in [3.05, 3.63) is 28.8 Å². The summed E-state index contributed by atoms with van der Waals surface area (Å²) in [5, 5.41) is 8.71. The lowest BCUT2D eigenvalue weighted by Gasteiger charge is -2.08. The average molecular weight is 243 g/mol. The molecule has 0 bridgehead atoms. The summed E-state index contributed by atoms with van der Waals surface area (Å²) >= 11 is 3.82. The monoisotopic (exact) mass is 243 g/mol. The maximum absolute atomic E-state index is 12.6. The number of carbonyl (C=O) groups excluding carboxylic acids is 1. The number of methoxy groups -OCH3 is 1. The van der Waals surface area contributed by atoms with Gasteiger partial charge in [-0.15, -0.1) is 12.6 Å². The Bertz CT molecular complexity index is 469. The molecular formula is C10H7F2NO2S. The zero-order valence-corrected chi connectivity index (χ0v) is 9.09. The molecule has 16 heavy (non-hydrogen) atoms. The van der Waals surface area contributed by atoms with E-state index in [9.17, 15) is 13.6 Å². The quantitative estimate of drug-likeness (QED) is 0.641. The Morgan fingerprint density at radius 2 is 2.19 bits per heavy atom. The molecule has 0 amide bonds. The van der Waals surface area contributed by atoms with Crippen molar-refractivity contribution in [2.24, 2.45) is 0 Å². The minimum absolute atomic E-state index is 0.0819. The number of thiol groups is 1. The summed E-state index contributed by atoms with van der Waals surface area (Å²) in [6, 6.07) is 3.83. The van der Waals surface area contributed by atoms with Crippen molar-refractivity contribution in [1.82, 2.24) is 0 Å². The molecule has 6 heteroatoms. The molecule has 0 atom stereocenters. The van der Waals surface area contributed by atoms with E-state index >= 15 is 0 Å². The Kier molecular flexibility index (Phi) is 3.85. The van der Waals surface area contributed by atoms with Gasteiger partial charge in [0.15, 0.2) is 0 Å². The normalized spacial score (nSPS) is 10.0.